The largest absolute Gasteiger partial charge is 0.494 e. The monoisotopic (exact) mass is 315 g/mol. The summed E-state index contributed by atoms with van der Waals surface area (Å²) in [6.45, 7) is 6.15. The zero-order valence-electron chi connectivity index (χ0n) is 14.2. The maximum absolute atomic E-state index is 5.73. The molecular formula is C19H29N3O. The van der Waals surface area contributed by atoms with Crippen LogP contribution >= 0.6 is 0 Å². The van der Waals surface area contributed by atoms with Gasteiger partial charge in [0, 0.05) is 18.9 Å². The molecular weight excluding hydrogens is 286 g/mol. The SMILES string of the molecule is Cc1ccc(OCCCCCCNCCCn2ccnc2)cc1. The summed E-state index contributed by atoms with van der Waals surface area (Å²) in [5, 5.41) is 3.50. The Morgan fingerprint density at radius 2 is 1.78 bits per heavy atom. The van der Waals surface area contributed by atoms with E-state index in [1.54, 1.807) is 0 Å². The van der Waals surface area contributed by atoms with Crippen molar-refractivity contribution in [3.8, 4) is 5.75 Å². The number of imidazole rings is 1. The second kappa shape index (κ2) is 10.8. The zero-order chi connectivity index (χ0) is 16.2. The van der Waals surface area contributed by atoms with Crippen molar-refractivity contribution >= 4 is 0 Å². The fourth-order valence-electron chi connectivity index (χ4n) is 2.46. The first-order chi connectivity index (χ1) is 11.3. The zero-order valence-corrected chi connectivity index (χ0v) is 14.2. The number of ether oxygens (including phenoxy) is 1. The van der Waals surface area contributed by atoms with Gasteiger partial charge in [0.15, 0.2) is 0 Å². The van der Waals surface area contributed by atoms with Gasteiger partial charge in [0.05, 0.1) is 12.9 Å². The molecule has 0 aliphatic rings. The second-order valence-corrected chi connectivity index (χ2v) is 5.98. The van der Waals surface area contributed by atoms with E-state index in [1.165, 1.54) is 24.8 Å². The second-order valence-electron chi connectivity index (χ2n) is 5.98. The van der Waals surface area contributed by atoms with Crippen LogP contribution in [-0.4, -0.2) is 29.2 Å². The molecule has 0 unspecified atom stereocenters. The van der Waals surface area contributed by atoms with Crippen molar-refractivity contribution in [2.75, 3.05) is 19.7 Å². The molecule has 0 amide bonds. The standard InChI is InChI=1S/C19H29N3O/c1-18-7-9-19(10-8-18)23-16-5-3-2-4-11-20-12-6-14-22-15-13-21-17-22/h7-10,13,15,17,20H,2-6,11-12,14,16H2,1H3. The first kappa shape index (κ1) is 17.5. The normalized spacial score (nSPS) is 10.8. The van der Waals surface area contributed by atoms with Gasteiger partial charge in [-0.15, -0.1) is 0 Å². The maximum Gasteiger partial charge on any atom is 0.119 e. The van der Waals surface area contributed by atoms with E-state index >= 15 is 0 Å². The van der Waals surface area contributed by atoms with E-state index < -0.39 is 0 Å². The molecule has 4 nitrogen and oxygen atoms in total. The Bertz CT molecular complexity index is 508. The molecule has 1 N–H and O–H groups in total. The maximum atomic E-state index is 5.73. The van der Waals surface area contributed by atoms with Gasteiger partial charge in [-0.1, -0.05) is 30.5 Å². The fourth-order valence-corrected chi connectivity index (χ4v) is 2.46. The number of nitrogens with zero attached hydrogens (tertiary/aromatic N) is 2. The van der Waals surface area contributed by atoms with Crippen molar-refractivity contribution in [3.05, 3.63) is 48.5 Å². The molecule has 0 spiro atoms. The van der Waals surface area contributed by atoms with Crippen LogP contribution in [0.5, 0.6) is 5.75 Å². The van der Waals surface area contributed by atoms with E-state index in [2.05, 4.69) is 33.9 Å². The summed E-state index contributed by atoms with van der Waals surface area (Å²) in [6.07, 6.45) is 11.8. The molecule has 1 aromatic heterocycles. The fraction of sp³-hybridized carbons (Fsp3) is 0.526. The molecule has 0 radical (unpaired) electrons. The molecule has 2 rings (SSSR count). The molecule has 0 bridgehead atoms. The van der Waals surface area contributed by atoms with Gasteiger partial charge in [-0.05, 0) is 51.4 Å². The average molecular weight is 315 g/mol. The third-order valence-electron chi connectivity index (χ3n) is 3.87. The Morgan fingerprint density at radius 1 is 1.00 bits per heavy atom. The van der Waals surface area contributed by atoms with Gasteiger partial charge in [0.2, 0.25) is 0 Å². The molecule has 126 valence electrons. The molecule has 0 saturated heterocycles. The summed E-state index contributed by atoms with van der Waals surface area (Å²) in [4.78, 5) is 4.04. The smallest absolute Gasteiger partial charge is 0.119 e. The minimum atomic E-state index is 0.821. The molecule has 23 heavy (non-hydrogen) atoms. The summed E-state index contributed by atoms with van der Waals surface area (Å²) in [6, 6.07) is 8.27. The molecule has 0 aliphatic carbocycles. The number of benzene rings is 1. The number of aromatic nitrogens is 2. The lowest BCUT2D eigenvalue weighted by atomic mass is 10.2. The Morgan fingerprint density at radius 3 is 2.57 bits per heavy atom. The van der Waals surface area contributed by atoms with E-state index in [1.807, 2.05) is 30.9 Å². The first-order valence-electron chi connectivity index (χ1n) is 8.70. The molecule has 0 atom stereocenters. The van der Waals surface area contributed by atoms with Crippen LogP contribution in [0, 0.1) is 6.92 Å². The highest BCUT2D eigenvalue weighted by Gasteiger charge is 1.95. The predicted molar refractivity (Wildman–Crippen MR) is 94.9 cm³/mol. The molecule has 0 saturated carbocycles. The van der Waals surface area contributed by atoms with Crippen LogP contribution in [0.2, 0.25) is 0 Å². The highest BCUT2D eigenvalue weighted by molar-refractivity contribution is 5.26. The molecule has 0 aliphatic heterocycles. The first-order valence-corrected chi connectivity index (χ1v) is 8.70. The quantitative estimate of drug-likeness (QED) is 0.605. The van der Waals surface area contributed by atoms with Gasteiger partial charge in [-0.25, -0.2) is 4.98 Å². The van der Waals surface area contributed by atoms with Crippen LogP contribution in [0.4, 0.5) is 0 Å². The Kier molecular flexibility index (Phi) is 8.27. The summed E-state index contributed by atoms with van der Waals surface area (Å²) in [5.74, 6) is 0.982. The Labute approximate surface area is 139 Å². The van der Waals surface area contributed by atoms with Crippen molar-refractivity contribution in [3.63, 3.8) is 0 Å². The topological polar surface area (TPSA) is 39.1 Å². The number of aryl methyl sites for hydroxylation is 2. The van der Waals surface area contributed by atoms with Crippen LogP contribution in [0.1, 0.15) is 37.7 Å². The van der Waals surface area contributed by atoms with Crippen LogP contribution in [0.3, 0.4) is 0 Å². The summed E-state index contributed by atoms with van der Waals surface area (Å²) < 4.78 is 7.85. The van der Waals surface area contributed by atoms with Gasteiger partial charge in [-0.2, -0.15) is 0 Å². The highest BCUT2D eigenvalue weighted by Crippen LogP contribution is 2.12. The van der Waals surface area contributed by atoms with Gasteiger partial charge in [0.25, 0.3) is 0 Å². The van der Waals surface area contributed by atoms with E-state index in [9.17, 15) is 0 Å². The summed E-state index contributed by atoms with van der Waals surface area (Å²) in [5.41, 5.74) is 1.27. The molecule has 0 fully saturated rings. The lowest BCUT2D eigenvalue weighted by Crippen LogP contribution is -2.18. The van der Waals surface area contributed by atoms with Crippen LogP contribution in [-0.2, 0) is 6.54 Å². The van der Waals surface area contributed by atoms with Crippen molar-refractivity contribution in [2.24, 2.45) is 0 Å². The van der Waals surface area contributed by atoms with Crippen LogP contribution in [0.25, 0.3) is 0 Å². The Balaban J connectivity index is 1.35. The van der Waals surface area contributed by atoms with Crippen molar-refractivity contribution in [2.45, 2.75) is 45.6 Å². The van der Waals surface area contributed by atoms with Crippen LogP contribution in [0.15, 0.2) is 43.0 Å². The van der Waals surface area contributed by atoms with E-state index in [0.717, 1.165) is 44.8 Å². The van der Waals surface area contributed by atoms with Gasteiger partial charge < -0.3 is 14.6 Å². The summed E-state index contributed by atoms with van der Waals surface area (Å²) >= 11 is 0. The highest BCUT2D eigenvalue weighted by atomic mass is 16.5. The van der Waals surface area contributed by atoms with Crippen molar-refractivity contribution < 1.29 is 4.74 Å². The van der Waals surface area contributed by atoms with Gasteiger partial charge in [0.1, 0.15) is 5.75 Å². The lowest BCUT2D eigenvalue weighted by Gasteiger charge is -2.07. The van der Waals surface area contributed by atoms with E-state index in [0.29, 0.717) is 0 Å². The molecule has 1 aromatic carbocycles. The predicted octanol–water partition coefficient (Wildman–Crippen LogP) is 3.81. The third kappa shape index (κ3) is 7.84. The van der Waals surface area contributed by atoms with E-state index in [4.69, 9.17) is 4.74 Å². The van der Waals surface area contributed by atoms with Crippen molar-refractivity contribution in [1.82, 2.24) is 14.9 Å². The molecule has 4 heteroatoms. The number of unbranched alkanes of at least 4 members (excludes halogenated alkanes) is 3. The van der Waals surface area contributed by atoms with E-state index in [-0.39, 0.29) is 0 Å². The molecule has 1 heterocycles. The molecule has 2 aromatic rings. The van der Waals surface area contributed by atoms with Crippen molar-refractivity contribution in [1.29, 1.82) is 0 Å². The number of hydrogen-bond donors (Lipinski definition) is 1. The number of rotatable bonds is 12. The minimum Gasteiger partial charge on any atom is -0.494 e. The number of nitrogens with one attached hydrogen (secondary N) is 1. The summed E-state index contributed by atoms with van der Waals surface area (Å²) in [7, 11) is 0. The van der Waals surface area contributed by atoms with Crippen LogP contribution < -0.4 is 10.1 Å². The average Bonchev–Trinajstić information content (AvgIpc) is 3.07. The Hall–Kier alpha value is -1.81. The minimum absolute atomic E-state index is 0.821. The number of hydrogen-bond acceptors (Lipinski definition) is 3. The van der Waals surface area contributed by atoms with Gasteiger partial charge in [-0.3, -0.25) is 0 Å². The third-order valence-corrected chi connectivity index (χ3v) is 3.87. The van der Waals surface area contributed by atoms with Gasteiger partial charge >= 0.3 is 0 Å². The lowest BCUT2D eigenvalue weighted by molar-refractivity contribution is 0.304.